The monoisotopic (exact) mass is 1040 g/mol. The third kappa shape index (κ3) is 14.9. The molecule has 21 heteroatoms. The number of hydrogen-bond donors (Lipinski definition) is 9. The number of benzene rings is 3. The number of aromatic amines is 1. The highest BCUT2D eigenvalue weighted by Crippen LogP contribution is 2.34. The van der Waals surface area contributed by atoms with Crippen molar-refractivity contribution in [3.05, 3.63) is 100 Å². The molecule has 7 atom stereocenters. The van der Waals surface area contributed by atoms with Gasteiger partial charge in [0.2, 0.25) is 41.4 Å². The number of fused-ring (bicyclic) bond motifs is 1. The van der Waals surface area contributed by atoms with Crippen molar-refractivity contribution >= 4 is 80.2 Å². The predicted molar refractivity (Wildman–Crippen MR) is 265 cm³/mol. The molecule has 4 aromatic rings. The second kappa shape index (κ2) is 25.6. The molecule has 0 spiro atoms. The van der Waals surface area contributed by atoms with Gasteiger partial charge in [0.15, 0.2) is 11.5 Å². The van der Waals surface area contributed by atoms with Crippen LogP contribution in [0.2, 0.25) is 0 Å². The number of aliphatic hydroxyl groups is 1. The number of aromatic nitrogens is 1. The van der Waals surface area contributed by atoms with Crippen molar-refractivity contribution in [1.29, 1.82) is 0 Å². The zero-order valence-electron chi connectivity index (χ0n) is 40.4. The largest absolute Gasteiger partial charge is 0.493 e. The van der Waals surface area contributed by atoms with Gasteiger partial charge in [0, 0.05) is 40.5 Å². The van der Waals surface area contributed by atoms with Crippen LogP contribution in [-0.4, -0.2) is 127 Å². The molecule has 1 aliphatic heterocycles. The molecule has 71 heavy (non-hydrogen) atoms. The number of para-hydroxylation sites is 1. The lowest BCUT2D eigenvalue weighted by atomic mass is 9.99. The van der Waals surface area contributed by atoms with Gasteiger partial charge in [-0.1, -0.05) is 92.2 Å². The Labute approximate surface area is 419 Å². The summed E-state index contributed by atoms with van der Waals surface area (Å²) in [7, 11) is 2.92. The molecule has 7 amide bonds. The second-order valence-corrected chi connectivity index (χ2v) is 18.4. The van der Waals surface area contributed by atoms with Crippen LogP contribution in [0.5, 0.6) is 11.5 Å². The van der Waals surface area contributed by atoms with Crippen LogP contribution >= 0.6 is 15.9 Å². The number of nitrogens with one attached hydrogen (secondary N) is 8. The zero-order chi connectivity index (χ0) is 51.9. The van der Waals surface area contributed by atoms with Crippen molar-refractivity contribution in [1.82, 2.24) is 42.2 Å². The van der Waals surface area contributed by atoms with Crippen molar-refractivity contribution in [2.75, 3.05) is 27.4 Å². The predicted octanol–water partition coefficient (Wildman–Crippen LogP) is 1.72. The fraction of sp³-hybridized carbons (Fsp3) is 0.400. The molecule has 1 saturated heterocycles. The molecule has 0 radical (unpaired) electrons. The smallest absolute Gasteiger partial charge is 0.330 e. The lowest BCUT2D eigenvalue weighted by Gasteiger charge is -2.29. The maximum absolute atomic E-state index is 14.5. The molecule has 0 saturated carbocycles. The number of methoxy groups -OCH3 is 2. The van der Waals surface area contributed by atoms with Crippen LogP contribution in [0.4, 0.5) is 0 Å². The first-order chi connectivity index (χ1) is 33.8. The molecular weight excluding hydrogens is 984 g/mol. The third-order valence-corrected chi connectivity index (χ3v) is 12.3. The summed E-state index contributed by atoms with van der Waals surface area (Å²) in [6, 6.07) is 9.15. The van der Waals surface area contributed by atoms with E-state index >= 15 is 0 Å². The Morgan fingerprint density at radius 1 is 0.648 bits per heavy atom. The van der Waals surface area contributed by atoms with Gasteiger partial charge < -0.3 is 61.5 Å². The Hall–Kier alpha value is -7.26. The number of hydrogen-bond acceptors (Lipinski definition) is 12. The van der Waals surface area contributed by atoms with E-state index < -0.39 is 115 Å². The van der Waals surface area contributed by atoms with Crippen LogP contribution < -0.4 is 46.7 Å². The highest BCUT2D eigenvalue weighted by molar-refractivity contribution is 9.10. The van der Waals surface area contributed by atoms with E-state index in [2.05, 4.69) is 58.1 Å². The fourth-order valence-corrected chi connectivity index (χ4v) is 8.04. The van der Waals surface area contributed by atoms with Gasteiger partial charge in [0.05, 0.1) is 20.8 Å². The molecule has 380 valence electrons. The van der Waals surface area contributed by atoms with Gasteiger partial charge in [-0.25, -0.2) is 4.79 Å². The normalized spacial score (nSPS) is 22.4. The molecule has 1 aliphatic rings. The number of H-pyrrole nitrogens is 1. The number of ether oxygens (including phenoxy) is 3. The highest BCUT2D eigenvalue weighted by Gasteiger charge is 2.37. The molecule has 9 N–H and O–H groups in total. The van der Waals surface area contributed by atoms with Crippen molar-refractivity contribution in [2.45, 2.75) is 89.8 Å². The van der Waals surface area contributed by atoms with Crippen molar-refractivity contribution < 1.29 is 57.7 Å². The molecule has 0 bridgehead atoms. The minimum absolute atomic E-state index is 0.0359. The van der Waals surface area contributed by atoms with Crippen LogP contribution in [0.25, 0.3) is 17.0 Å². The van der Waals surface area contributed by atoms with Crippen molar-refractivity contribution in [2.24, 2.45) is 11.8 Å². The number of carbonyl (C=O) groups is 8. The minimum atomic E-state index is -1.71. The number of esters is 1. The van der Waals surface area contributed by atoms with Gasteiger partial charge in [0.25, 0.3) is 0 Å². The summed E-state index contributed by atoms with van der Waals surface area (Å²) in [5.74, 6) is -7.42. The summed E-state index contributed by atoms with van der Waals surface area (Å²) in [5, 5.41) is 29.3. The Morgan fingerprint density at radius 3 is 1.80 bits per heavy atom. The Balaban J connectivity index is 1.55. The summed E-state index contributed by atoms with van der Waals surface area (Å²) in [6.07, 6.45) is 3.92. The van der Waals surface area contributed by atoms with E-state index in [0.717, 1.165) is 6.08 Å². The Morgan fingerprint density at radius 2 is 1.17 bits per heavy atom. The van der Waals surface area contributed by atoms with Gasteiger partial charge in [-0.15, -0.1) is 0 Å². The third-order valence-electron chi connectivity index (χ3n) is 11.6. The van der Waals surface area contributed by atoms with Crippen LogP contribution in [0.3, 0.4) is 0 Å². The molecule has 20 nitrogen and oxygen atoms in total. The summed E-state index contributed by atoms with van der Waals surface area (Å²) in [6.45, 7) is 6.25. The standard InChI is InChI=1S/C50H61BrN8O12/c1-26(2)42-49(67)55-35(19-29-13-9-8-10-14-29)46(64)59-43(27(3)4)50(68)57-38(25-71-41(61)18-17-30-21-39(69-6)40(70-7)22-33(30)51)48(66)54-36(20-31-23-52-34-16-12-11-15-32(31)34)45(63)56-37(24-60)47(65)53-28(5)44(62)58-42/h8-18,21-23,26-28,35-38,42-43,52,60H,19-20,24-25H2,1-7H3,(H,53,65)(H,54,66)(H,55,67)(H,56,63)(H,57,68)(H,58,62)(H,59,64)/b18-17+/t28-,35+,36-,37+,38-,42-,43-/m1/s1. The fourth-order valence-electron chi connectivity index (χ4n) is 7.58. The average Bonchev–Trinajstić information content (AvgIpc) is 3.75. The van der Waals surface area contributed by atoms with Crippen molar-refractivity contribution in [3.63, 3.8) is 0 Å². The maximum atomic E-state index is 14.5. The van der Waals surface area contributed by atoms with Crippen LogP contribution in [0, 0.1) is 11.8 Å². The molecular formula is C50H61BrN8O12. The second-order valence-electron chi connectivity index (χ2n) is 17.6. The highest BCUT2D eigenvalue weighted by atomic mass is 79.9. The first kappa shape index (κ1) is 54.7. The van der Waals surface area contributed by atoms with Crippen molar-refractivity contribution in [3.8, 4) is 11.5 Å². The van der Waals surface area contributed by atoms with E-state index in [9.17, 15) is 43.5 Å². The van der Waals surface area contributed by atoms with Crippen LogP contribution in [0.15, 0.2) is 83.5 Å². The number of amides is 7. The SMILES string of the molecule is COc1cc(Br)c(/C=C/C(=O)OC[C@H]2NC(=O)[C@@H](C(C)C)NC(=O)[C@H](Cc3ccccc3)NC(=O)[C@@H](C(C)C)NC(=O)[C@@H](C)NC(=O)[C@H](CO)NC(=O)[C@@H](Cc3c[nH]c4ccccc34)NC2=O)cc1OC. The summed E-state index contributed by atoms with van der Waals surface area (Å²) in [4.78, 5) is 115. The number of halogens is 1. The molecule has 5 rings (SSSR count). The first-order valence-corrected chi connectivity index (χ1v) is 23.7. The van der Waals surface area contributed by atoms with Crippen LogP contribution in [-0.2, 0) is 55.9 Å². The number of rotatable bonds is 13. The zero-order valence-corrected chi connectivity index (χ0v) is 42.0. The van der Waals surface area contributed by atoms with E-state index in [4.69, 9.17) is 14.2 Å². The lowest BCUT2D eigenvalue weighted by Crippen LogP contribution is -2.61. The summed E-state index contributed by atoms with van der Waals surface area (Å²) in [5.41, 5.74) is 2.43. The number of carbonyl (C=O) groups excluding carboxylic acids is 8. The molecule has 2 heterocycles. The molecule has 0 aliphatic carbocycles. The van der Waals surface area contributed by atoms with E-state index in [1.807, 2.05) is 0 Å². The summed E-state index contributed by atoms with van der Waals surface area (Å²) < 4.78 is 16.8. The number of aliphatic hydroxyl groups excluding tert-OH is 1. The average molecular weight is 1050 g/mol. The quantitative estimate of drug-likeness (QED) is 0.0684. The molecule has 1 aromatic heterocycles. The first-order valence-electron chi connectivity index (χ1n) is 22.9. The molecule has 3 aromatic carbocycles. The molecule has 0 unspecified atom stereocenters. The van der Waals surface area contributed by atoms with E-state index in [1.54, 1.807) is 101 Å². The van der Waals surface area contributed by atoms with E-state index in [0.29, 0.717) is 43.6 Å². The Bertz CT molecular complexity index is 2600. The molecule has 1 fully saturated rings. The minimum Gasteiger partial charge on any atom is -0.493 e. The van der Waals surface area contributed by atoms with Gasteiger partial charge in [-0.05, 0) is 59.7 Å². The Kier molecular flexibility index (Phi) is 19.7. The van der Waals surface area contributed by atoms with Gasteiger partial charge in [0.1, 0.15) is 48.9 Å². The van der Waals surface area contributed by atoms with E-state index in [-0.39, 0.29) is 12.8 Å². The topological polar surface area (TPSA) is 284 Å². The van der Waals surface area contributed by atoms with E-state index in [1.165, 1.54) is 27.2 Å². The van der Waals surface area contributed by atoms with Gasteiger partial charge in [-0.2, -0.15) is 0 Å². The van der Waals surface area contributed by atoms with Gasteiger partial charge in [-0.3, -0.25) is 33.6 Å². The summed E-state index contributed by atoms with van der Waals surface area (Å²) >= 11 is 3.44. The van der Waals surface area contributed by atoms with Gasteiger partial charge >= 0.3 is 5.97 Å². The van der Waals surface area contributed by atoms with Crippen LogP contribution in [0.1, 0.15) is 51.3 Å². The lowest BCUT2D eigenvalue weighted by molar-refractivity contribution is -0.142. The maximum Gasteiger partial charge on any atom is 0.330 e.